The number of carbonyl (C=O) groups excluding carboxylic acids is 1. The fraction of sp³-hybridized carbons (Fsp3) is 0.280. The predicted octanol–water partition coefficient (Wildman–Crippen LogP) is 2.39. The third kappa shape index (κ3) is 4.05. The zero-order chi connectivity index (χ0) is 22.9. The maximum absolute atomic E-state index is 13.3. The molecule has 0 unspecified atom stereocenters. The number of aromatic nitrogens is 3. The van der Waals surface area contributed by atoms with Gasteiger partial charge in [-0.05, 0) is 43.5 Å². The molecule has 0 saturated carbocycles. The number of pyridine rings is 2. The van der Waals surface area contributed by atoms with Crippen molar-refractivity contribution in [3.63, 3.8) is 0 Å². The molecule has 1 fully saturated rings. The summed E-state index contributed by atoms with van der Waals surface area (Å²) in [6.07, 6.45) is 3.52. The molecule has 8 heteroatoms. The normalized spacial score (nSPS) is 15.8. The van der Waals surface area contributed by atoms with Crippen molar-refractivity contribution in [3.8, 4) is 0 Å². The monoisotopic (exact) mass is 443 g/mol. The lowest BCUT2D eigenvalue weighted by molar-refractivity contribution is 0.0856. The lowest BCUT2D eigenvalue weighted by Crippen LogP contribution is -2.38. The van der Waals surface area contributed by atoms with Gasteiger partial charge in [-0.1, -0.05) is 35.9 Å². The fourth-order valence-corrected chi connectivity index (χ4v) is 4.20. The number of ether oxygens (including phenoxy) is 1. The van der Waals surface area contributed by atoms with Crippen LogP contribution < -0.4 is 16.4 Å². The Morgan fingerprint density at radius 3 is 2.82 bits per heavy atom. The molecule has 2 N–H and O–H groups in total. The van der Waals surface area contributed by atoms with Gasteiger partial charge in [0.15, 0.2) is 0 Å². The van der Waals surface area contributed by atoms with E-state index in [1.807, 2.05) is 37.3 Å². The standard InChI is InChI=1S/C25H25N5O3/c1-16-7-9-17(10-8-16)15-30-22(26)19(24(31)27-14-18-5-4-12-33-18)13-20-23(30)28-21-6-2-3-11-29(21)25(20)32/h2-3,6-11,13,18,26H,4-5,12,14-15H2,1H3,(H,27,31)/t18-/m1/s1. The Labute approximate surface area is 190 Å². The minimum atomic E-state index is -0.396. The number of nitrogens with zero attached hydrogens (tertiary/aromatic N) is 3. The van der Waals surface area contributed by atoms with Crippen LogP contribution in [0, 0.1) is 12.3 Å². The molecule has 1 atom stereocenters. The first kappa shape index (κ1) is 21.1. The molecule has 0 spiro atoms. The van der Waals surface area contributed by atoms with E-state index in [-0.39, 0.29) is 22.7 Å². The van der Waals surface area contributed by atoms with Crippen LogP contribution in [-0.4, -0.2) is 39.1 Å². The van der Waals surface area contributed by atoms with Crippen molar-refractivity contribution < 1.29 is 9.53 Å². The predicted molar refractivity (Wildman–Crippen MR) is 124 cm³/mol. The first-order valence-corrected chi connectivity index (χ1v) is 11.1. The zero-order valence-corrected chi connectivity index (χ0v) is 18.4. The first-order valence-electron chi connectivity index (χ1n) is 11.1. The van der Waals surface area contributed by atoms with Gasteiger partial charge < -0.3 is 14.6 Å². The fourth-order valence-electron chi connectivity index (χ4n) is 4.20. The summed E-state index contributed by atoms with van der Waals surface area (Å²) < 4.78 is 8.68. The largest absolute Gasteiger partial charge is 0.376 e. The summed E-state index contributed by atoms with van der Waals surface area (Å²) in [6.45, 7) is 3.41. The SMILES string of the molecule is Cc1ccc(Cn2c(=N)c(C(=O)NC[C@H]3CCCO3)cc3c(=O)n4ccccc4nc32)cc1. The van der Waals surface area contributed by atoms with Gasteiger partial charge in [0.05, 0.1) is 23.6 Å². The highest BCUT2D eigenvalue weighted by Gasteiger charge is 2.20. The number of carbonyl (C=O) groups is 1. The number of aryl methyl sites for hydroxylation is 1. The molecule has 33 heavy (non-hydrogen) atoms. The second-order valence-corrected chi connectivity index (χ2v) is 8.41. The van der Waals surface area contributed by atoms with E-state index in [0.29, 0.717) is 36.4 Å². The summed E-state index contributed by atoms with van der Waals surface area (Å²) in [5.74, 6) is -0.396. The molecule has 1 aliphatic rings. The van der Waals surface area contributed by atoms with Crippen LogP contribution in [0.15, 0.2) is 59.5 Å². The van der Waals surface area contributed by atoms with Crippen LogP contribution >= 0.6 is 0 Å². The van der Waals surface area contributed by atoms with Gasteiger partial charge in [-0.2, -0.15) is 0 Å². The van der Waals surface area contributed by atoms with E-state index in [1.54, 1.807) is 22.9 Å². The summed E-state index contributed by atoms with van der Waals surface area (Å²) in [7, 11) is 0. The van der Waals surface area contributed by atoms with Gasteiger partial charge >= 0.3 is 0 Å². The van der Waals surface area contributed by atoms with Gasteiger partial charge in [-0.3, -0.25) is 19.4 Å². The molecule has 1 amide bonds. The highest BCUT2D eigenvalue weighted by molar-refractivity contribution is 5.96. The van der Waals surface area contributed by atoms with Crippen LogP contribution in [0.4, 0.5) is 0 Å². The van der Waals surface area contributed by atoms with Crippen LogP contribution in [0.1, 0.15) is 34.3 Å². The second-order valence-electron chi connectivity index (χ2n) is 8.41. The first-order chi connectivity index (χ1) is 16.0. The van der Waals surface area contributed by atoms with Crippen LogP contribution in [-0.2, 0) is 11.3 Å². The topological polar surface area (TPSA) is 101 Å². The smallest absolute Gasteiger partial charge is 0.267 e. The number of fused-ring (bicyclic) bond motifs is 2. The van der Waals surface area contributed by atoms with Crippen molar-refractivity contribution in [1.29, 1.82) is 5.41 Å². The Hall–Kier alpha value is -3.78. The van der Waals surface area contributed by atoms with E-state index in [0.717, 1.165) is 24.0 Å². The van der Waals surface area contributed by atoms with Gasteiger partial charge in [0.25, 0.3) is 11.5 Å². The molecule has 1 aromatic carbocycles. The lowest BCUT2D eigenvalue weighted by atomic mass is 10.1. The molecule has 1 aliphatic heterocycles. The molecule has 8 nitrogen and oxygen atoms in total. The van der Waals surface area contributed by atoms with Crippen molar-refractivity contribution in [1.82, 2.24) is 19.3 Å². The molecular formula is C25H25N5O3. The van der Waals surface area contributed by atoms with Gasteiger partial charge in [0.1, 0.15) is 16.8 Å². The van der Waals surface area contributed by atoms with Crippen LogP contribution in [0.5, 0.6) is 0 Å². The highest BCUT2D eigenvalue weighted by atomic mass is 16.5. The van der Waals surface area contributed by atoms with Gasteiger partial charge in [-0.15, -0.1) is 0 Å². The van der Waals surface area contributed by atoms with Crippen molar-refractivity contribution in [2.24, 2.45) is 0 Å². The minimum absolute atomic E-state index is 0.0140. The molecule has 0 radical (unpaired) electrons. The van der Waals surface area contributed by atoms with E-state index in [9.17, 15) is 9.59 Å². The van der Waals surface area contributed by atoms with Crippen molar-refractivity contribution >= 4 is 22.6 Å². The summed E-state index contributed by atoms with van der Waals surface area (Å²) in [5, 5.41) is 12.0. The third-order valence-electron chi connectivity index (χ3n) is 6.04. The molecule has 0 bridgehead atoms. The number of nitrogens with one attached hydrogen (secondary N) is 2. The number of amides is 1. The second kappa shape index (κ2) is 8.63. The Balaban J connectivity index is 1.66. The number of hydrogen-bond acceptors (Lipinski definition) is 5. The Morgan fingerprint density at radius 1 is 1.24 bits per heavy atom. The average Bonchev–Trinajstić information content (AvgIpc) is 3.35. The summed E-state index contributed by atoms with van der Waals surface area (Å²) in [6, 6.07) is 14.8. The Morgan fingerprint density at radius 2 is 2.06 bits per heavy atom. The molecule has 4 aromatic rings. The van der Waals surface area contributed by atoms with Crippen LogP contribution in [0.3, 0.4) is 0 Å². The summed E-state index contributed by atoms with van der Waals surface area (Å²) >= 11 is 0. The third-order valence-corrected chi connectivity index (χ3v) is 6.04. The molecule has 4 heterocycles. The van der Waals surface area contributed by atoms with E-state index < -0.39 is 5.91 Å². The van der Waals surface area contributed by atoms with E-state index in [1.165, 1.54) is 10.5 Å². The average molecular weight is 444 g/mol. The molecule has 0 aliphatic carbocycles. The quantitative estimate of drug-likeness (QED) is 0.463. The van der Waals surface area contributed by atoms with Crippen molar-refractivity contribution in [2.45, 2.75) is 32.4 Å². The van der Waals surface area contributed by atoms with Crippen LogP contribution in [0.2, 0.25) is 0 Å². The van der Waals surface area contributed by atoms with Crippen LogP contribution in [0.25, 0.3) is 16.7 Å². The maximum atomic E-state index is 13.3. The van der Waals surface area contributed by atoms with Gasteiger partial charge in [-0.25, -0.2) is 4.98 Å². The van der Waals surface area contributed by atoms with E-state index in [4.69, 9.17) is 10.1 Å². The molecular weight excluding hydrogens is 418 g/mol. The Bertz CT molecular complexity index is 1460. The van der Waals surface area contributed by atoms with Gasteiger partial charge in [0.2, 0.25) is 0 Å². The summed E-state index contributed by atoms with van der Waals surface area (Å²) in [5.41, 5.74) is 2.83. The van der Waals surface area contributed by atoms with E-state index >= 15 is 0 Å². The highest BCUT2D eigenvalue weighted by Crippen LogP contribution is 2.14. The number of rotatable bonds is 5. The zero-order valence-electron chi connectivity index (χ0n) is 18.4. The lowest BCUT2D eigenvalue weighted by Gasteiger charge is -2.16. The Kier molecular flexibility index (Phi) is 5.51. The molecule has 168 valence electrons. The molecule has 1 saturated heterocycles. The molecule has 3 aromatic heterocycles. The van der Waals surface area contributed by atoms with E-state index in [2.05, 4.69) is 10.3 Å². The summed E-state index contributed by atoms with van der Waals surface area (Å²) in [4.78, 5) is 31.0. The number of hydrogen-bond donors (Lipinski definition) is 2. The minimum Gasteiger partial charge on any atom is -0.376 e. The van der Waals surface area contributed by atoms with Crippen molar-refractivity contribution in [2.75, 3.05) is 13.2 Å². The maximum Gasteiger partial charge on any atom is 0.267 e. The number of benzene rings is 1. The van der Waals surface area contributed by atoms with Gasteiger partial charge in [0, 0.05) is 19.3 Å². The molecule has 5 rings (SSSR count). The van der Waals surface area contributed by atoms with Crippen molar-refractivity contribution in [3.05, 3.63) is 87.3 Å².